The third kappa shape index (κ3) is 1.45. The molecule has 0 amide bonds. The monoisotopic (exact) mass is 234 g/mol. The predicted molar refractivity (Wildman–Crippen MR) is 68.0 cm³/mol. The van der Waals surface area contributed by atoms with Gasteiger partial charge in [-0.2, -0.15) is 0 Å². The fraction of sp³-hybridized carbons (Fsp3) is 0.385. The highest BCUT2D eigenvalue weighted by Crippen LogP contribution is 2.36. The van der Waals surface area contributed by atoms with Gasteiger partial charge in [-0.05, 0) is 43.0 Å². The summed E-state index contributed by atoms with van der Waals surface area (Å²) in [6.07, 6.45) is 3.57. The molecule has 16 heavy (non-hydrogen) atoms. The maximum Gasteiger partial charge on any atom is 0.0460 e. The number of aromatic amines is 1. The number of H-pyrrole nitrogens is 1. The maximum atomic E-state index is 6.05. The van der Waals surface area contributed by atoms with E-state index in [1.54, 1.807) is 0 Å². The molecule has 0 aliphatic heterocycles. The largest absolute Gasteiger partial charge is 0.358 e. The molecular weight excluding hydrogens is 220 g/mol. The van der Waals surface area contributed by atoms with Crippen LogP contribution in [0.25, 0.3) is 10.9 Å². The molecule has 2 nitrogen and oxygen atoms in total. The van der Waals surface area contributed by atoms with Crippen LogP contribution in [-0.4, -0.2) is 11.5 Å². The van der Waals surface area contributed by atoms with E-state index >= 15 is 0 Å². The van der Waals surface area contributed by atoms with Crippen molar-refractivity contribution in [1.82, 2.24) is 4.98 Å². The Hall–Kier alpha value is -0.990. The van der Waals surface area contributed by atoms with Crippen molar-refractivity contribution in [2.75, 3.05) is 6.54 Å². The highest BCUT2D eigenvalue weighted by molar-refractivity contribution is 6.31. The second-order valence-electron chi connectivity index (χ2n) is 4.53. The van der Waals surface area contributed by atoms with Crippen LogP contribution in [0.5, 0.6) is 0 Å². The Morgan fingerprint density at radius 1 is 1.44 bits per heavy atom. The van der Waals surface area contributed by atoms with Gasteiger partial charge in [-0.15, -0.1) is 0 Å². The van der Waals surface area contributed by atoms with Gasteiger partial charge in [0.15, 0.2) is 0 Å². The van der Waals surface area contributed by atoms with E-state index in [9.17, 15) is 0 Å². The van der Waals surface area contributed by atoms with E-state index in [0.717, 1.165) is 18.0 Å². The minimum Gasteiger partial charge on any atom is -0.358 e. The number of halogens is 1. The van der Waals surface area contributed by atoms with Gasteiger partial charge in [-0.25, -0.2) is 0 Å². The van der Waals surface area contributed by atoms with Gasteiger partial charge in [0, 0.05) is 34.1 Å². The molecule has 3 heteroatoms. The van der Waals surface area contributed by atoms with Crippen LogP contribution < -0.4 is 5.73 Å². The zero-order valence-corrected chi connectivity index (χ0v) is 9.85. The number of fused-ring (bicyclic) bond motifs is 3. The average molecular weight is 235 g/mol. The Kier molecular flexibility index (Phi) is 2.41. The normalized spacial score (nSPS) is 20.0. The molecule has 1 atom stereocenters. The smallest absolute Gasteiger partial charge is 0.0460 e. The molecule has 84 valence electrons. The lowest BCUT2D eigenvalue weighted by Gasteiger charge is -2.20. The molecule has 1 aromatic heterocycles. The van der Waals surface area contributed by atoms with Gasteiger partial charge in [-0.1, -0.05) is 11.6 Å². The Morgan fingerprint density at radius 2 is 2.31 bits per heavy atom. The molecule has 0 radical (unpaired) electrons. The highest BCUT2D eigenvalue weighted by Gasteiger charge is 2.22. The summed E-state index contributed by atoms with van der Waals surface area (Å²) in [5.74, 6) is 0.495. The van der Waals surface area contributed by atoms with Crippen molar-refractivity contribution in [2.45, 2.75) is 25.2 Å². The molecule has 0 spiro atoms. The van der Waals surface area contributed by atoms with E-state index in [1.165, 1.54) is 35.0 Å². The molecule has 0 bridgehead atoms. The number of hydrogen-bond donors (Lipinski definition) is 2. The third-order valence-corrected chi connectivity index (χ3v) is 3.81. The Labute approximate surface area is 99.8 Å². The van der Waals surface area contributed by atoms with Gasteiger partial charge in [0.05, 0.1) is 0 Å². The van der Waals surface area contributed by atoms with Crippen LogP contribution in [0.15, 0.2) is 18.2 Å². The van der Waals surface area contributed by atoms with Crippen molar-refractivity contribution < 1.29 is 0 Å². The van der Waals surface area contributed by atoms with Crippen molar-refractivity contribution in [2.24, 2.45) is 5.73 Å². The third-order valence-electron chi connectivity index (χ3n) is 3.57. The Morgan fingerprint density at radius 3 is 3.12 bits per heavy atom. The van der Waals surface area contributed by atoms with Crippen LogP contribution >= 0.6 is 11.6 Å². The fourth-order valence-corrected chi connectivity index (χ4v) is 2.94. The minimum absolute atomic E-state index is 0.495. The number of rotatable bonds is 1. The van der Waals surface area contributed by atoms with Crippen molar-refractivity contribution in [3.05, 3.63) is 34.5 Å². The SMILES string of the molecule is NCC1CCCc2c1[nH]c1ccc(Cl)cc21. The fourth-order valence-electron chi connectivity index (χ4n) is 2.76. The lowest BCUT2D eigenvalue weighted by atomic mass is 9.87. The molecule has 0 saturated heterocycles. The molecule has 3 rings (SSSR count). The first-order valence-corrected chi connectivity index (χ1v) is 6.17. The summed E-state index contributed by atoms with van der Waals surface area (Å²) >= 11 is 6.05. The molecule has 0 saturated carbocycles. The number of aromatic nitrogens is 1. The summed E-state index contributed by atoms with van der Waals surface area (Å²) in [4.78, 5) is 3.51. The summed E-state index contributed by atoms with van der Waals surface area (Å²) in [7, 11) is 0. The van der Waals surface area contributed by atoms with Crippen LogP contribution in [-0.2, 0) is 6.42 Å². The van der Waals surface area contributed by atoms with Gasteiger partial charge in [0.2, 0.25) is 0 Å². The topological polar surface area (TPSA) is 41.8 Å². The summed E-state index contributed by atoms with van der Waals surface area (Å²) < 4.78 is 0. The van der Waals surface area contributed by atoms with Gasteiger partial charge in [0.1, 0.15) is 0 Å². The van der Waals surface area contributed by atoms with Crippen molar-refractivity contribution in [3.63, 3.8) is 0 Å². The molecular formula is C13H15ClN2. The number of nitrogens with two attached hydrogens (primary N) is 1. The first-order valence-electron chi connectivity index (χ1n) is 5.79. The van der Waals surface area contributed by atoms with Crippen LogP contribution in [0.1, 0.15) is 30.0 Å². The molecule has 3 N–H and O–H groups in total. The summed E-state index contributed by atoms with van der Waals surface area (Å²) in [6.45, 7) is 0.730. The van der Waals surface area contributed by atoms with Gasteiger partial charge in [0.25, 0.3) is 0 Å². The highest BCUT2D eigenvalue weighted by atomic mass is 35.5. The molecule has 0 fully saturated rings. The van der Waals surface area contributed by atoms with Gasteiger partial charge >= 0.3 is 0 Å². The second kappa shape index (κ2) is 3.79. The van der Waals surface area contributed by atoms with Crippen LogP contribution in [0.3, 0.4) is 0 Å². The first kappa shape index (κ1) is 10.2. The zero-order chi connectivity index (χ0) is 11.1. The maximum absolute atomic E-state index is 6.05. The minimum atomic E-state index is 0.495. The number of nitrogens with one attached hydrogen (secondary N) is 1. The van der Waals surface area contributed by atoms with Crippen LogP contribution in [0.4, 0.5) is 0 Å². The first-order chi connectivity index (χ1) is 7.79. The zero-order valence-electron chi connectivity index (χ0n) is 9.09. The van der Waals surface area contributed by atoms with Crippen LogP contribution in [0, 0.1) is 0 Å². The van der Waals surface area contributed by atoms with Crippen molar-refractivity contribution in [1.29, 1.82) is 0 Å². The van der Waals surface area contributed by atoms with E-state index in [1.807, 2.05) is 6.07 Å². The average Bonchev–Trinajstić information content (AvgIpc) is 2.67. The quantitative estimate of drug-likeness (QED) is 0.782. The number of benzene rings is 1. The lowest BCUT2D eigenvalue weighted by molar-refractivity contribution is 0.553. The molecule has 1 heterocycles. The molecule has 2 aromatic rings. The van der Waals surface area contributed by atoms with Crippen LogP contribution in [0.2, 0.25) is 5.02 Å². The summed E-state index contributed by atoms with van der Waals surface area (Å²) in [5, 5.41) is 2.09. The molecule has 1 aliphatic rings. The number of aryl methyl sites for hydroxylation is 1. The molecule has 1 aliphatic carbocycles. The van der Waals surface area contributed by atoms with Crippen molar-refractivity contribution >= 4 is 22.5 Å². The van der Waals surface area contributed by atoms with E-state index in [4.69, 9.17) is 17.3 Å². The van der Waals surface area contributed by atoms with Crippen molar-refractivity contribution in [3.8, 4) is 0 Å². The summed E-state index contributed by atoms with van der Waals surface area (Å²) in [5.41, 5.74) is 9.78. The second-order valence-corrected chi connectivity index (χ2v) is 4.97. The van der Waals surface area contributed by atoms with E-state index in [-0.39, 0.29) is 0 Å². The number of hydrogen-bond acceptors (Lipinski definition) is 1. The molecule has 1 aromatic carbocycles. The lowest BCUT2D eigenvalue weighted by Crippen LogP contribution is -2.17. The predicted octanol–water partition coefficient (Wildman–Crippen LogP) is 3.20. The van der Waals surface area contributed by atoms with Gasteiger partial charge < -0.3 is 10.7 Å². The van der Waals surface area contributed by atoms with E-state index in [0.29, 0.717) is 5.92 Å². The standard InChI is InChI=1S/C13H15ClN2/c14-9-4-5-12-11(6-9)10-3-1-2-8(7-15)13(10)16-12/h4-6,8,16H,1-3,7,15H2. The Bertz CT molecular complexity index is 530. The van der Waals surface area contributed by atoms with E-state index in [2.05, 4.69) is 17.1 Å². The van der Waals surface area contributed by atoms with Gasteiger partial charge in [-0.3, -0.25) is 0 Å². The summed E-state index contributed by atoms with van der Waals surface area (Å²) in [6, 6.07) is 6.05. The molecule has 1 unspecified atom stereocenters. The Balaban J connectivity index is 2.24. The van der Waals surface area contributed by atoms with E-state index < -0.39 is 0 Å².